The third-order valence-electron chi connectivity index (χ3n) is 5.67. The Bertz CT molecular complexity index is 1050. The molecule has 1 fully saturated rings. The molecular formula is C27H28N2O2S. The summed E-state index contributed by atoms with van der Waals surface area (Å²) >= 11 is 1.64. The van der Waals surface area contributed by atoms with Crippen LogP contribution in [0, 0.1) is 6.92 Å². The molecule has 3 aromatic rings. The van der Waals surface area contributed by atoms with Crippen LogP contribution in [0.5, 0.6) is 0 Å². The van der Waals surface area contributed by atoms with Gasteiger partial charge in [-0.15, -0.1) is 11.8 Å². The minimum atomic E-state index is -0.0586. The van der Waals surface area contributed by atoms with Gasteiger partial charge in [-0.2, -0.15) is 0 Å². The normalized spacial score (nSPS) is 15.7. The van der Waals surface area contributed by atoms with Gasteiger partial charge in [0.2, 0.25) is 5.91 Å². The Morgan fingerprint density at radius 2 is 1.69 bits per heavy atom. The third-order valence-corrected chi connectivity index (χ3v) is 6.93. The summed E-state index contributed by atoms with van der Waals surface area (Å²) in [7, 11) is 0. The Kier molecular flexibility index (Phi) is 7.28. The van der Waals surface area contributed by atoms with Crippen LogP contribution in [0.15, 0.2) is 78.9 Å². The molecule has 1 aliphatic rings. The first kappa shape index (κ1) is 22.2. The lowest BCUT2D eigenvalue weighted by atomic mass is 10.1. The summed E-state index contributed by atoms with van der Waals surface area (Å²) in [6.45, 7) is 3.33. The lowest BCUT2D eigenvalue weighted by molar-refractivity contribution is -0.128. The van der Waals surface area contributed by atoms with Crippen molar-refractivity contribution in [3.8, 4) is 0 Å². The second kappa shape index (κ2) is 10.5. The number of amides is 2. The molecular weight excluding hydrogens is 416 g/mol. The molecule has 3 aromatic carbocycles. The number of benzene rings is 3. The molecule has 4 rings (SSSR count). The smallest absolute Gasteiger partial charge is 0.251 e. The molecule has 2 amide bonds. The zero-order chi connectivity index (χ0) is 22.3. The summed E-state index contributed by atoms with van der Waals surface area (Å²) in [5, 5.41) is 2.99. The second-order valence-electron chi connectivity index (χ2n) is 8.14. The van der Waals surface area contributed by atoms with Crippen molar-refractivity contribution in [1.29, 1.82) is 0 Å². The third kappa shape index (κ3) is 5.60. The van der Waals surface area contributed by atoms with E-state index in [0.717, 1.165) is 24.0 Å². The Morgan fingerprint density at radius 1 is 0.969 bits per heavy atom. The van der Waals surface area contributed by atoms with Gasteiger partial charge >= 0.3 is 0 Å². The fourth-order valence-electron chi connectivity index (χ4n) is 3.83. The maximum absolute atomic E-state index is 12.5. The molecule has 0 spiro atoms. The average Bonchev–Trinajstić information content (AvgIpc) is 3.18. The number of aryl methyl sites for hydroxylation is 2. The van der Waals surface area contributed by atoms with Gasteiger partial charge in [0.15, 0.2) is 0 Å². The first-order chi connectivity index (χ1) is 15.6. The number of carbonyl (C=O) groups excluding carboxylic acids is 2. The molecule has 164 valence electrons. The predicted molar refractivity (Wildman–Crippen MR) is 130 cm³/mol. The van der Waals surface area contributed by atoms with Crippen molar-refractivity contribution in [1.82, 2.24) is 10.2 Å². The van der Waals surface area contributed by atoms with Crippen LogP contribution < -0.4 is 5.32 Å². The van der Waals surface area contributed by atoms with Gasteiger partial charge < -0.3 is 10.2 Å². The lowest BCUT2D eigenvalue weighted by Crippen LogP contribution is -2.28. The molecule has 1 N–H and O–H groups in total. The number of hydrogen-bond donors (Lipinski definition) is 1. The molecule has 0 unspecified atom stereocenters. The van der Waals surface area contributed by atoms with E-state index < -0.39 is 0 Å². The molecule has 1 aliphatic heterocycles. The van der Waals surface area contributed by atoms with E-state index in [4.69, 9.17) is 0 Å². The minimum absolute atomic E-state index is 0.0191. The first-order valence-electron chi connectivity index (χ1n) is 11.0. The highest BCUT2D eigenvalue weighted by atomic mass is 32.2. The van der Waals surface area contributed by atoms with Crippen molar-refractivity contribution in [3.05, 3.63) is 107 Å². The van der Waals surface area contributed by atoms with Gasteiger partial charge in [-0.1, -0.05) is 72.3 Å². The van der Waals surface area contributed by atoms with Gasteiger partial charge in [-0.25, -0.2) is 0 Å². The number of carbonyl (C=O) groups is 2. The fourth-order valence-corrected chi connectivity index (χ4v) is 5.02. The van der Waals surface area contributed by atoms with E-state index in [2.05, 4.69) is 36.5 Å². The summed E-state index contributed by atoms with van der Waals surface area (Å²) in [6, 6.07) is 26.2. The van der Waals surface area contributed by atoms with Crippen LogP contribution in [0.25, 0.3) is 0 Å². The van der Waals surface area contributed by atoms with Gasteiger partial charge in [0, 0.05) is 18.7 Å². The molecule has 0 saturated carbocycles. The summed E-state index contributed by atoms with van der Waals surface area (Å²) in [4.78, 5) is 26.9. The van der Waals surface area contributed by atoms with Gasteiger partial charge in [-0.3, -0.25) is 9.59 Å². The lowest BCUT2D eigenvalue weighted by Gasteiger charge is -2.24. The molecule has 5 heteroatoms. The Labute approximate surface area is 194 Å². The van der Waals surface area contributed by atoms with Crippen molar-refractivity contribution >= 4 is 23.6 Å². The van der Waals surface area contributed by atoms with E-state index in [9.17, 15) is 9.59 Å². The molecule has 0 radical (unpaired) electrons. The minimum Gasteiger partial charge on any atom is -0.352 e. The summed E-state index contributed by atoms with van der Waals surface area (Å²) in [6.07, 6.45) is 1.85. The summed E-state index contributed by atoms with van der Waals surface area (Å²) < 4.78 is 0. The topological polar surface area (TPSA) is 49.4 Å². The van der Waals surface area contributed by atoms with Gasteiger partial charge in [0.05, 0.1) is 5.75 Å². The number of hydrogen-bond acceptors (Lipinski definition) is 3. The van der Waals surface area contributed by atoms with Crippen LogP contribution in [-0.4, -0.2) is 29.0 Å². The average molecular weight is 445 g/mol. The molecule has 1 heterocycles. The van der Waals surface area contributed by atoms with E-state index >= 15 is 0 Å². The molecule has 0 aliphatic carbocycles. The Balaban J connectivity index is 1.31. The highest BCUT2D eigenvalue weighted by molar-refractivity contribution is 8.00. The molecule has 0 aromatic heterocycles. The highest BCUT2D eigenvalue weighted by Gasteiger charge is 2.32. The van der Waals surface area contributed by atoms with Crippen LogP contribution in [0.1, 0.15) is 44.4 Å². The molecule has 0 bridgehead atoms. The van der Waals surface area contributed by atoms with Crippen LogP contribution in [0.2, 0.25) is 0 Å². The standard InChI is InChI=1S/C27H28N2O2S/c1-20-9-11-21(12-10-20)8-5-17-28-26(31)23-13-15-24(16-14-23)27-29(25(30)19-32-27)18-22-6-3-2-4-7-22/h2-4,6-7,9-16,27H,5,8,17-19H2,1H3,(H,28,31)/t27-/m0/s1. The van der Waals surface area contributed by atoms with E-state index in [1.54, 1.807) is 11.8 Å². The Morgan fingerprint density at radius 3 is 2.41 bits per heavy atom. The zero-order valence-electron chi connectivity index (χ0n) is 18.3. The fraction of sp³-hybridized carbons (Fsp3) is 0.259. The van der Waals surface area contributed by atoms with E-state index in [-0.39, 0.29) is 17.2 Å². The van der Waals surface area contributed by atoms with Crippen molar-refractivity contribution < 1.29 is 9.59 Å². The second-order valence-corrected chi connectivity index (χ2v) is 9.21. The maximum Gasteiger partial charge on any atom is 0.251 e. The van der Waals surface area contributed by atoms with Crippen molar-refractivity contribution in [3.63, 3.8) is 0 Å². The molecule has 32 heavy (non-hydrogen) atoms. The van der Waals surface area contributed by atoms with E-state index in [0.29, 0.717) is 24.4 Å². The van der Waals surface area contributed by atoms with Crippen LogP contribution in [-0.2, 0) is 17.8 Å². The Hall–Kier alpha value is -3.05. The molecule has 4 nitrogen and oxygen atoms in total. The van der Waals surface area contributed by atoms with Crippen molar-refractivity contribution in [2.24, 2.45) is 0 Å². The molecule has 1 saturated heterocycles. The van der Waals surface area contributed by atoms with Crippen molar-refractivity contribution in [2.45, 2.75) is 31.7 Å². The maximum atomic E-state index is 12.5. The quantitative estimate of drug-likeness (QED) is 0.490. The monoisotopic (exact) mass is 444 g/mol. The largest absolute Gasteiger partial charge is 0.352 e. The number of nitrogens with zero attached hydrogens (tertiary/aromatic N) is 1. The number of thioether (sulfide) groups is 1. The van der Waals surface area contributed by atoms with Gasteiger partial charge in [0.1, 0.15) is 5.37 Å². The highest BCUT2D eigenvalue weighted by Crippen LogP contribution is 2.39. The van der Waals surface area contributed by atoms with E-state index in [1.165, 1.54) is 11.1 Å². The number of rotatable bonds is 8. The van der Waals surface area contributed by atoms with Gasteiger partial charge in [-0.05, 0) is 48.6 Å². The predicted octanol–water partition coefficient (Wildman–Crippen LogP) is 5.13. The number of nitrogens with one attached hydrogen (secondary N) is 1. The molecule has 1 atom stereocenters. The van der Waals surface area contributed by atoms with Crippen LogP contribution in [0.4, 0.5) is 0 Å². The van der Waals surface area contributed by atoms with Crippen LogP contribution in [0.3, 0.4) is 0 Å². The summed E-state index contributed by atoms with van der Waals surface area (Å²) in [5.74, 6) is 0.580. The van der Waals surface area contributed by atoms with E-state index in [1.807, 2.05) is 59.5 Å². The van der Waals surface area contributed by atoms with Crippen molar-refractivity contribution in [2.75, 3.05) is 12.3 Å². The van der Waals surface area contributed by atoms with Crippen LogP contribution >= 0.6 is 11.8 Å². The first-order valence-corrected chi connectivity index (χ1v) is 12.0. The SMILES string of the molecule is Cc1ccc(CCCNC(=O)c2ccc([C@@H]3SCC(=O)N3Cc3ccccc3)cc2)cc1. The van der Waals surface area contributed by atoms with Gasteiger partial charge in [0.25, 0.3) is 5.91 Å². The zero-order valence-corrected chi connectivity index (χ0v) is 19.1. The summed E-state index contributed by atoms with van der Waals surface area (Å²) in [5.41, 5.74) is 5.36.